The predicted molar refractivity (Wildman–Crippen MR) is 69.7 cm³/mol. The van der Waals surface area contributed by atoms with Crippen LogP contribution in [0.4, 0.5) is 5.69 Å². The summed E-state index contributed by atoms with van der Waals surface area (Å²) < 4.78 is 0. The summed E-state index contributed by atoms with van der Waals surface area (Å²) in [6.07, 6.45) is 1.42. The molecule has 0 aromatic heterocycles. The number of benzene rings is 1. The molecule has 4 N–H and O–H groups in total. The van der Waals surface area contributed by atoms with Gasteiger partial charge in [0.1, 0.15) is 0 Å². The van der Waals surface area contributed by atoms with Crippen molar-refractivity contribution in [2.75, 3.05) is 5.32 Å². The second-order valence-corrected chi connectivity index (χ2v) is 4.17. The zero-order valence-corrected chi connectivity index (χ0v) is 10.6. The van der Waals surface area contributed by atoms with Gasteiger partial charge in [0.25, 0.3) is 0 Å². The predicted octanol–water partition coefficient (Wildman–Crippen LogP) is 1.76. The average molecular weight is 250 g/mol. The zero-order chi connectivity index (χ0) is 13.7. The monoisotopic (exact) mass is 250 g/mol. The van der Waals surface area contributed by atoms with E-state index in [-0.39, 0.29) is 11.5 Å². The lowest BCUT2D eigenvalue weighted by Gasteiger charge is -2.14. The number of nitrogens with one attached hydrogen (secondary N) is 1. The fourth-order valence-corrected chi connectivity index (χ4v) is 1.67. The van der Waals surface area contributed by atoms with Gasteiger partial charge in [-0.05, 0) is 31.0 Å². The summed E-state index contributed by atoms with van der Waals surface area (Å²) in [5.41, 5.74) is 6.89. The highest BCUT2D eigenvalue weighted by atomic mass is 16.4. The van der Waals surface area contributed by atoms with Gasteiger partial charge in [-0.1, -0.05) is 19.4 Å². The van der Waals surface area contributed by atoms with E-state index in [1.165, 1.54) is 6.07 Å². The zero-order valence-electron chi connectivity index (χ0n) is 10.6. The Morgan fingerprint density at radius 3 is 2.67 bits per heavy atom. The van der Waals surface area contributed by atoms with Crippen molar-refractivity contribution in [1.82, 2.24) is 0 Å². The quantitative estimate of drug-likeness (QED) is 0.742. The number of aromatic carboxylic acids is 1. The van der Waals surface area contributed by atoms with Crippen LogP contribution in [0.25, 0.3) is 0 Å². The highest BCUT2D eigenvalue weighted by molar-refractivity contribution is 5.98. The van der Waals surface area contributed by atoms with Gasteiger partial charge in [-0.25, -0.2) is 4.79 Å². The summed E-state index contributed by atoms with van der Waals surface area (Å²) in [7, 11) is 0. The number of carbonyl (C=O) groups excluding carboxylic acids is 1. The summed E-state index contributed by atoms with van der Waals surface area (Å²) >= 11 is 0. The fraction of sp³-hybridized carbons (Fsp3) is 0.385. The van der Waals surface area contributed by atoms with Crippen molar-refractivity contribution in [1.29, 1.82) is 0 Å². The maximum Gasteiger partial charge on any atom is 0.336 e. The summed E-state index contributed by atoms with van der Waals surface area (Å²) in [6.45, 7) is 3.61. The summed E-state index contributed by atoms with van der Waals surface area (Å²) in [6, 6.07) is 4.19. The number of nitrogens with two attached hydrogens (primary N) is 1. The molecule has 1 rings (SSSR count). The minimum Gasteiger partial charge on any atom is -0.478 e. The Morgan fingerprint density at radius 2 is 2.11 bits per heavy atom. The highest BCUT2D eigenvalue weighted by Crippen LogP contribution is 2.19. The van der Waals surface area contributed by atoms with Crippen LogP contribution in [0.5, 0.6) is 0 Å². The molecule has 1 aromatic rings. The fourth-order valence-electron chi connectivity index (χ4n) is 1.67. The Labute approximate surface area is 106 Å². The molecule has 0 unspecified atom stereocenters. The Morgan fingerprint density at radius 1 is 1.44 bits per heavy atom. The van der Waals surface area contributed by atoms with Crippen LogP contribution in [0, 0.1) is 6.92 Å². The summed E-state index contributed by atoms with van der Waals surface area (Å²) in [5, 5.41) is 11.6. The van der Waals surface area contributed by atoms with Gasteiger partial charge >= 0.3 is 5.97 Å². The van der Waals surface area contributed by atoms with Gasteiger partial charge in [0.2, 0.25) is 5.91 Å². The van der Waals surface area contributed by atoms with E-state index in [2.05, 4.69) is 5.32 Å². The lowest BCUT2D eigenvalue weighted by atomic mass is 10.1. The van der Waals surface area contributed by atoms with Crippen LogP contribution < -0.4 is 11.1 Å². The third kappa shape index (κ3) is 3.30. The molecule has 0 aliphatic carbocycles. The van der Waals surface area contributed by atoms with Gasteiger partial charge < -0.3 is 16.2 Å². The van der Waals surface area contributed by atoms with E-state index in [9.17, 15) is 9.59 Å². The molecule has 0 spiro atoms. The molecular weight excluding hydrogens is 232 g/mol. The van der Waals surface area contributed by atoms with Crippen LogP contribution in [-0.4, -0.2) is 23.0 Å². The molecule has 1 atom stereocenters. The number of anilines is 1. The van der Waals surface area contributed by atoms with Crippen molar-refractivity contribution in [3.05, 3.63) is 29.3 Å². The number of carbonyl (C=O) groups is 2. The number of carboxylic acids is 1. The second-order valence-electron chi connectivity index (χ2n) is 4.17. The number of hydrogen-bond acceptors (Lipinski definition) is 3. The van der Waals surface area contributed by atoms with E-state index in [0.29, 0.717) is 17.7 Å². The van der Waals surface area contributed by atoms with Crippen LogP contribution >= 0.6 is 0 Å². The van der Waals surface area contributed by atoms with E-state index in [4.69, 9.17) is 10.8 Å². The lowest BCUT2D eigenvalue weighted by molar-refractivity contribution is -0.117. The van der Waals surface area contributed by atoms with Crippen LogP contribution in [0.15, 0.2) is 18.2 Å². The van der Waals surface area contributed by atoms with Crippen molar-refractivity contribution >= 4 is 17.6 Å². The standard InChI is InChI=1S/C13H18N2O3/c1-3-5-10(14)12(16)15-11-7-4-6-9(8(11)2)13(17)18/h4,6-7,10H,3,5,14H2,1-2H3,(H,15,16)(H,17,18)/t10-/m1/s1. The molecule has 1 amide bonds. The van der Waals surface area contributed by atoms with Crippen molar-refractivity contribution in [3.8, 4) is 0 Å². The van der Waals surface area contributed by atoms with E-state index in [1.54, 1.807) is 19.1 Å². The van der Waals surface area contributed by atoms with Gasteiger partial charge in [0.05, 0.1) is 11.6 Å². The SMILES string of the molecule is CCC[C@@H](N)C(=O)Nc1cccc(C(=O)O)c1C. The van der Waals surface area contributed by atoms with E-state index >= 15 is 0 Å². The van der Waals surface area contributed by atoms with Crippen molar-refractivity contribution < 1.29 is 14.7 Å². The molecule has 0 aliphatic rings. The molecule has 1 aromatic carbocycles. The van der Waals surface area contributed by atoms with Crippen LogP contribution in [-0.2, 0) is 4.79 Å². The first-order chi connectivity index (χ1) is 8.47. The van der Waals surface area contributed by atoms with Gasteiger partial charge in [0.15, 0.2) is 0 Å². The first kappa shape index (κ1) is 14.2. The van der Waals surface area contributed by atoms with Crippen molar-refractivity contribution in [2.24, 2.45) is 5.73 Å². The van der Waals surface area contributed by atoms with Crippen LogP contribution in [0.2, 0.25) is 0 Å². The molecule has 5 heteroatoms. The Hall–Kier alpha value is -1.88. The number of amides is 1. The molecule has 0 aliphatic heterocycles. The van der Waals surface area contributed by atoms with Gasteiger partial charge in [-0.2, -0.15) is 0 Å². The van der Waals surface area contributed by atoms with E-state index in [0.717, 1.165) is 6.42 Å². The van der Waals surface area contributed by atoms with Crippen LogP contribution in [0.1, 0.15) is 35.7 Å². The third-order valence-electron chi connectivity index (χ3n) is 2.76. The first-order valence-corrected chi connectivity index (χ1v) is 5.86. The smallest absolute Gasteiger partial charge is 0.336 e. The largest absolute Gasteiger partial charge is 0.478 e. The normalized spacial score (nSPS) is 11.9. The molecule has 0 heterocycles. The molecule has 0 saturated heterocycles. The van der Waals surface area contributed by atoms with Crippen molar-refractivity contribution in [3.63, 3.8) is 0 Å². The average Bonchev–Trinajstić information content (AvgIpc) is 2.31. The second kappa shape index (κ2) is 6.16. The maximum atomic E-state index is 11.8. The van der Waals surface area contributed by atoms with Crippen LogP contribution in [0.3, 0.4) is 0 Å². The molecule has 0 fully saturated rings. The minimum absolute atomic E-state index is 0.178. The third-order valence-corrected chi connectivity index (χ3v) is 2.76. The van der Waals surface area contributed by atoms with Gasteiger partial charge in [0, 0.05) is 5.69 Å². The highest BCUT2D eigenvalue weighted by Gasteiger charge is 2.15. The van der Waals surface area contributed by atoms with Gasteiger partial charge in [-0.3, -0.25) is 4.79 Å². The molecular formula is C13H18N2O3. The molecule has 98 valence electrons. The lowest BCUT2D eigenvalue weighted by Crippen LogP contribution is -2.35. The Kier molecular flexibility index (Phi) is 4.85. The van der Waals surface area contributed by atoms with Gasteiger partial charge in [-0.15, -0.1) is 0 Å². The molecule has 0 saturated carbocycles. The Balaban J connectivity index is 2.88. The number of hydrogen-bond donors (Lipinski definition) is 3. The molecule has 5 nitrogen and oxygen atoms in total. The number of rotatable bonds is 5. The summed E-state index contributed by atoms with van der Waals surface area (Å²) in [5.74, 6) is -1.30. The van der Waals surface area contributed by atoms with E-state index < -0.39 is 12.0 Å². The van der Waals surface area contributed by atoms with E-state index in [1.807, 2.05) is 6.92 Å². The minimum atomic E-state index is -1.01. The molecule has 18 heavy (non-hydrogen) atoms. The first-order valence-electron chi connectivity index (χ1n) is 5.86. The topological polar surface area (TPSA) is 92.4 Å². The molecule has 0 bridgehead atoms. The number of carboxylic acid groups (broad SMARTS) is 1. The molecule has 0 radical (unpaired) electrons. The summed E-state index contributed by atoms with van der Waals surface area (Å²) in [4.78, 5) is 22.7. The Bertz CT molecular complexity index is 458. The maximum absolute atomic E-state index is 11.8. The van der Waals surface area contributed by atoms with Crippen molar-refractivity contribution in [2.45, 2.75) is 32.7 Å².